The van der Waals surface area contributed by atoms with Crippen LogP contribution in [-0.4, -0.2) is 38.6 Å². The first kappa shape index (κ1) is 12.8. The van der Waals surface area contributed by atoms with Crippen molar-refractivity contribution in [2.24, 2.45) is 0 Å². The molecule has 0 unspecified atom stereocenters. The van der Waals surface area contributed by atoms with E-state index in [-0.39, 0.29) is 12.5 Å². The molecule has 5 heteroatoms. The largest absolute Gasteiger partial charge is 0.493 e. The first-order chi connectivity index (χ1) is 8.15. The van der Waals surface area contributed by atoms with Crippen LogP contribution in [-0.2, 0) is 0 Å². The molecule has 0 aliphatic heterocycles. The number of rotatable bonds is 4. The molecule has 0 aliphatic carbocycles. The number of nitrogens with zero attached hydrogens (tertiary/aromatic N) is 2. The van der Waals surface area contributed by atoms with Crippen molar-refractivity contribution < 1.29 is 14.3 Å². The molecule has 0 bridgehead atoms. The molecule has 1 aromatic carbocycles. The summed E-state index contributed by atoms with van der Waals surface area (Å²) in [5, 5.41) is 8.56. The lowest BCUT2D eigenvalue weighted by molar-refractivity contribution is 0.0808. The third kappa shape index (κ3) is 2.67. The van der Waals surface area contributed by atoms with E-state index < -0.39 is 0 Å². The van der Waals surface area contributed by atoms with Crippen LogP contribution >= 0.6 is 0 Å². The Bertz CT molecular complexity index is 452. The molecular weight excluding hydrogens is 220 g/mol. The van der Waals surface area contributed by atoms with E-state index in [0.29, 0.717) is 17.1 Å². The van der Waals surface area contributed by atoms with Gasteiger partial charge in [-0.2, -0.15) is 5.26 Å². The van der Waals surface area contributed by atoms with Crippen molar-refractivity contribution in [1.82, 2.24) is 4.90 Å². The van der Waals surface area contributed by atoms with Gasteiger partial charge in [0.15, 0.2) is 11.5 Å². The van der Waals surface area contributed by atoms with E-state index in [9.17, 15) is 4.79 Å². The molecular formula is C12H14N2O3. The van der Waals surface area contributed by atoms with Gasteiger partial charge in [0, 0.05) is 7.05 Å². The highest BCUT2D eigenvalue weighted by Crippen LogP contribution is 2.31. The van der Waals surface area contributed by atoms with E-state index in [1.54, 1.807) is 25.2 Å². The first-order valence-corrected chi connectivity index (χ1v) is 4.99. The number of hydrogen-bond acceptors (Lipinski definition) is 4. The third-order valence-corrected chi connectivity index (χ3v) is 2.29. The highest BCUT2D eigenvalue weighted by molar-refractivity contribution is 5.97. The van der Waals surface area contributed by atoms with Gasteiger partial charge < -0.3 is 14.4 Å². The molecule has 0 saturated carbocycles. The predicted octanol–water partition coefficient (Wildman–Crippen LogP) is 1.30. The number of carbonyl (C=O) groups excluding carboxylic acids is 1. The zero-order valence-corrected chi connectivity index (χ0v) is 10.1. The summed E-state index contributed by atoms with van der Waals surface area (Å²) >= 11 is 0. The Labute approximate surface area is 100 Å². The fraction of sp³-hybridized carbons (Fsp3) is 0.333. The number of benzene rings is 1. The summed E-state index contributed by atoms with van der Waals surface area (Å²) in [6.07, 6.45) is 0. The summed E-state index contributed by atoms with van der Waals surface area (Å²) in [6.45, 7) is 0.0270. The van der Waals surface area contributed by atoms with Crippen molar-refractivity contribution >= 4 is 5.91 Å². The Morgan fingerprint density at radius 3 is 2.65 bits per heavy atom. The van der Waals surface area contributed by atoms with Crippen molar-refractivity contribution in [1.29, 1.82) is 5.26 Å². The molecule has 0 aliphatic rings. The van der Waals surface area contributed by atoms with Gasteiger partial charge in [-0.1, -0.05) is 6.07 Å². The van der Waals surface area contributed by atoms with Crippen molar-refractivity contribution in [3.8, 4) is 17.6 Å². The molecule has 0 saturated heterocycles. The maximum Gasteiger partial charge on any atom is 0.258 e. The van der Waals surface area contributed by atoms with Gasteiger partial charge in [0.2, 0.25) is 0 Å². The maximum absolute atomic E-state index is 12.0. The molecule has 0 heterocycles. The van der Waals surface area contributed by atoms with E-state index in [1.807, 2.05) is 6.07 Å². The zero-order chi connectivity index (χ0) is 12.8. The average molecular weight is 234 g/mol. The second kappa shape index (κ2) is 5.75. The number of hydrogen-bond donors (Lipinski definition) is 0. The molecule has 1 rings (SSSR count). The van der Waals surface area contributed by atoms with E-state index >= 15 is 0 Å². The second-order valence-corrected chi connectivity index (χ2v) is 3.36. The Morgan fingerprint density at radius 1 is 1.41 bits per heavy atom. The van der Waals surface area contributed by atoms with Gasteiger partial charge in [-0.05, 0) is 12.1 Å². The van der Waals surface area contributed by atoms with Crippen LogP contribution in [0.1, 0.15) is 10.4 Å². The number of nitriles is 1. The lowest BCUT2D eigenvalue weighted by atomic mass is 10.1. The average Bonchev–Trinajstić information content (AvgIpc) is 2.36. The molecule has 17 heavy (non-hydrogen) atoms. The first-order valence-electron chi connectivity index (χ1n) is 4.99. The fourth-order valence-corrected chi connectivity index (χ4v) is 1.44. The SMILES string of the molecule is COc1cccc(C(=O)N(C)CC#N)c1OC. The normalized spacial score (nSPS) is 9.29. The summed E-state index contributed by atoms with van der Waals surface area (Å²) in [6, 6.07) is 6.97. The van der Waals surface area contributed by atoms with Crippen LogP contribution in [0.3, 0.4) is 0 Å². The van der Waals surface area contributed by atoms with Crippen LogP contribution in [0.25, 0.3) is 0 Å². The molecule has 0 atom stereocenters. The molecule has 1 amide bonds. The molecule has 0 fully saturated rings. The van der Waals surface area contributed by atoms with Gasteiger partial charge in [0.25, 0.3) is 5.91 Å². The molecule has 0 spiro atoms. The zero-order valence-electron chi connectivity index (χ0n) is 10.1. The lowest BCUT2D eigenvalue weighted by Gasteiger charge is -2.16. The molecule has 0 radical (unpaired) electrons. The number of amides is 1. The van der Waals surface area contributed by atoms with E-state index in [4.69, 9.17) is 14.7 Å². The predicted molar refractivity (Wildman–Crippen MR) is 62.1 cm³/mol. The smallest absolute Gasteiger partial charge is 0.258 e. The van der Waals surface area contributed by atoms with E-state index in [1.165, 1.54) is 19.1 Å². The van der Waals surface area contributed by atoms with Crippen LogP contribution in [0.4, 0.5) is 0 Å². The number of carbonyl (C=O) groups is 1. The van der Waals surface area contributed by atoms with E-state index in [0.717, 1.165) is 0 Å². The fourth-order valence-electron chi connectivity index (χ4n) is 1.44. The van der Waals surface area contributed by atoms with Crippen LogP contribution in [0.15, 0.2) is 18.2 Å². The summed E-state index contributed by atoms with van der Waals surface area (Å²) < 4.78 is 10.3. The number of ether oxygens (including phenoxy) is 2. The quantitative estimate of drug-likeness (QED) is 0.737. The van der Waals surface area contributed by atoms with Crippen LogP contribution in [0.2, 0.25) is 0 Å². The molecule has 0 N–H and O–H groups in total. The van der Waals surface area contributed by atoms with Gasteiger partial charge in [0.1, 0.15) is 6.54 Å². The summed E-state index contributed by atoms with van der Waals surface area (Å²) in [5.74, 6) is 0.593. The van der Waals surface area contributed by atoms with Crippen molar-refractivity contribution in [2.45, 2.75) is 0 Å². The van der Waals surface area contributed by atoms with Gasteiger partial charge in [-0.25, -0.2) is 0 Å². The summed E-state index contributed by atoms with van der Waals surface area (Å²) in [7, 11) is 4.54. The monoisotopic (exact) mass is 234 g/mol. The van der Waals surface area contributed by atoms with Gasteiger partial charge in [-0.15, -0.1) is 0 Å². The summed E-state index contributed by atoms with van der Waals surface area (Å²) in [5.41, 5.74) is 0.379. The Balaban J connectivity index is 3.14. The molecule has 0 aromatic heterocycles. The Kier molecular flexibility index (Phi) is 4.35. The van der Waals surface area contributed by atoms with Gasteiger partial charge >= 0.3 is 0 Å². The topological polar surface area (TPSA) is 62.6 Å². The summed E-state index contributed by atoms with van der Waals surface area (Å²) in [4.78, 5) is 13.3. The van der Waals surface area contributed by atoms with Gasteiger partial charge in [-0.3, -0.25) is 4.79 Å². The number of methoxy groups -OCH3 is 2. The molecule has 90 valence electrons. The highest BCUT2D eigenvalue weighted by Gasteiger charge is 2.19. The van der Waals surface area contributed by atoms with Crippen LogP contribution in [0.5, 0.6) is 11.5 Å². The van der Waals surface area contributed by atoms with Crippen LogP contribution < -0.4 is 9.47 Å². The number of para-hydroxylation sites is 1. The van der Waals surface area contributed by atoms with Crippen molar-refractivity contribution in [3.05, 3.63) is 23.8 Å². The Hall–Kier alpha value is -2.22. The minimum atomic E-state index is -0.276. The van der Waals surface area contributed by atoms with Crippen LogP contribution in [0, 0.1) is 11.3 Å². The van der Waals surface area contributed by atoms with Gasteiger partial charge in [0.05, 0.1) is 25.9 Å². The van der Waals surface area contributed by atoms with E-state index in [2.05, 4.69) is 0 Å². The molecule has 5 nitrogen and oxygen atoms in total. The van der Waals surface area contributed by atoms with Crippen molar-refractivity contribution in [3.63, 3.8) is 0 Å². The second-order valence-electron chi connectivity index (χ2n) is 3.36. The Morgan fingerprint density at radius 2 is 2.12 bits per heavy atom. The minimum Gasteiger partial charge on any atom is -0.493 e. The minimum absolute atomic E-state index is 0.0270. The lowest BCUT2D eigenvalue weighted by Crippen LogP contribution is -2.27. The third-order valence-electron chi connectivity index (χ3n) is 2.29. The van der Waals surface area contributed by atoms with Crippen molar-refractivity contribution in [2.75, 3.05) is 27.8 Å². The highest BCUT2D eigenvalue weighted by atomic mass is 16.5. The standard InChI is InChI=1S/C12H14N2O3/c1-14(8-7-13)12(15)9-5-4-6-10(16-2)11(9)17-3/h4-6H,8H2,1-3H3. The molecule has 1 aromatic rings. The maximum atomic E-state index is 12.0.